The van der Waals surface area contributed by atoms with Crippen molar-refractivity contribution in [3.63, 3.8) is 0 Å². The van der Waals surface area contributed by atoms with Crippen LogP contribution >= 0.6 is 0 Å². The summed E-state index contributed by atoms with van der Waals surface area (Å²) in [6.07, 6.45) is 11.9. The zero-order chi connectivity index (χ0) is 34.8. The first-order valence-electron chi connectivity index (χ1n) is 17.7. The van der Waals surface area contributed by atoms with Gasteiger partial charge in [0, 0.05) is 35.9 Å². The summed E-state index contributed by atoms with van der Waals surface area (Å²) in [5.74, 6) is 1.97. The Morgan fingerprint density at radius 1 is 0.420 bits per heavy atom. The van der Waals surface area contributed by atoms with E-state index in [-0.39, 0.29) is 0 Å². The first-order valence-corrected chi connectivity index (χ1v) is 17.7. The molecule has 5 aromatic carbocycles. The zero-order valence-corrected chi connectivity index (χ0v) is 30.2. The van der Waals surface area contributed by atoms with E-state index in [0.29, 0.717) is 0 Å². The molecule has 0 amide bonds. The molecule has 0 aliphatic rings. The topological polar surface area (TPSA) is 35.6 Å². The number of rotatable bonds is 10. The van der Waals surface area contributed by atoms with Gasteiger partial charge in [-0.1, -0.05) is 96.1 Å². The number of benzene rings is 5. The standard InChI is InChI=1S/C46H46N4/c1-31-25-33(3)43(34(4)26-31)49-23-21-47-45(49)41-11-7-9-39(29-41)19-17-37-13-15-38(16-14-37)18-20-40-10-8-12-42(30-40)46-48-22-24-50(46)44-35(5)27-32(2)28-36(44)6/h7-16,21-30H,17-20H2,1-6H3. The van der Waals surface area contributed by atoms with Gasteiger partial charge in [0.1, 0.15) is 11.6 Å². The molecule has 2 heterocycles. The molecule has 4 heteroatoms. The van der Waals surface area contributed by atoms with E-state index in [0.717, 1.165) is 48.5 Å². The Morgan fingerprint density at radius 2 is 0.780 bits per heavy atom. The van der Waals surface area contributed by atoms with Crippen LogP contribution in [0.3, 0.4) is 0 Å². The van der Waals surface area contributed by atoms with Gasteiger partial charge >= 0.3 is 0 Å². The quantitative estimate of drug-likeness (QED) is 0.147. The van der Waals surface area contributed by atoms with Crippen molar-refractivity contribution in [1.29, 1.82) is 0 Å². The van der Waals surface area contributed by atoms with Crippen molar-refractivity contribution < 1.29 is 0 Å². The van der Waals surface area contributed by atoms with E-state index < -0.39 is 0 Å². The van der Waals surface area contributed by atoms with Gasteiger partial charge in [0.2, 0.25) is 0 Å². The summed E-state index contributed by atoms with van der Waals surface area (Å²) in [4.78, 5) is 9.55. The van der Waals surface area contributed by atoms with Gasteiger partial charge in [-0.2, -0.15) is 0 Å². The maximum Gasteiger partial charge on any atom is 0.144 e. The molecular weight excluding hydrogens is 609 g/mol. The molecule has 7 rings (SSSR count). The molecule has 0 aliphatic carbocycles. The molecule has 0 N–H and O–H groups in total. The molecule has 50 heavy (non-hydrogen) atoms. The lowest BCUT2D eigenvalue weighted by Gasteiger charge is -2.15. The van der Waals surface area contributed by atoms with Crippen LogP contribution in [0.1, 0.15) is 55.6 Å². The highest BCUT2D eigenvalue weighted by Crippen LogP contribution is 2.29. The summed E-state index contributed by atoms with van der Waals surface area (Å²) in [5, 5.41) is 0. The lowest BCUT2D eigenvalue weighted by molar-refractivity contribution is 0.939. The highest BCUT2D eigenvalue weighted by atomic mass is 15.1. The summed E-state index contributed by atoms with van der Waals surface area (Å²) < 4.78 is 4.47. The smallest absolute Gasteiger partial charge is 0.144 e. The van der Waals surface area contributed by atoms with Crippen LogP contribution in [0, 0.1) is 41.5 Å². The van der Waals surface area contributed by atoms with E-state index in [1.807, 2.05) is 12.4 Å². The molecule has 0 saturated carbocycles. The molecule has 0 atom stereocenters. The molecule has 0 bridgehead atoms. The molecule has 0 radical (unpaired) electrons. The lowest BCUT2D eigenvalue weighted by atomic mass is 9.99. The van der Waals surface area contributed by atoms with Crippen LogP contribution in [0.4, 0.5) is 0 Å². The summed E-state index contributed by atoms with van der Waals surface area (Å²) in [6.45, 7) is 13.0. The molecule has 7 aromatic rings. The van der Waals surface area contributed by atoms with Crippen molar-refractivity contribution in [2.24, 2.45) is 0 Å². The Balaban J connectivity index is 0.994. The Hall–Kier alpha value is -5.48. The highest BCUT2D eigenvalue weighted by Gasteiger charge is 2.15. The highest BCUT2D eigenvalue weighted by molar-refractivity contribution is 5.64. The van der Waals surface area contributed by atoms with Crippen LogP contribution < -0.4 is 0 Å². The van der Waals surface area contributed by atoms with Crippen LogP contribution in [0.15, 0.2) is 122 Å². The van der Waals surface area contributed by atoms with Gasteiger partial charge in [-0.25, -0.2) is 9.97 Å². The third kappa shape index (κ3) is 6.97. The fourth-order valence-corrected chi connectivity index (χ4v) is 7.68. The maximum atomic E-state index is 4.78. The molecule has 0 saturated heterocycles. The van der Waals surface area contributed by atoms with Gasteiger partial charge in [-0.05, 0) is 124 Å². The molecule has 250 valence electrons. The zero-order valence-electron chi connectivity index (χ0n) is 30.2. The van der Waals surface area contributed by atoms with Gasteiger partial charge in [-0.15, -0.1) is 0 Å². The monoisotopic (exact) mass is 654 g/mol. The number of nitrogens with zero attached hydrogens (tertiary/aromatic N) is 4. The number of imidazole rings is 2. The van der Waals surface area contributed by atoms with Crippen molar-refractivity contribution in [3.8, 4) is 34.2 Å². The molecule has 0 fully saturated rings. The Bertz CT molecular complexity index is 2070. The van der Waals surface area contributed by atoms with E-state index in [4.69, 9.17) is 9.97 Å². The average molecular weight is 655 g/mol. The first-order chi connectivity index (χ1) is 24.2. The van der Waals surface area contributed by atoms with E-state index in [2.05, 4.69) is 160 Å². The van der Waals surface area contributed by atoms with Gasteiger partial charge in [-0.3, -0.25) is 9.13 Å². The van der Waals surface area contributed by atoms with Gasteiger partial charge in [0.15, 0.2) is 0 Å². The maximum absolute atomic E-state index is 4.78. The largest absolute Gasteiger partial charge is 0.299 e. The van der Waals surface area contributed by atoms with Crippen LogP contribution in [-0.4, -0.2) is 19.1 Å². The van der Waals surface area contributed by atoms with Crippen molar-refractivity contribution >= 4 is 0 Å². The third-order valence-electron chi connectivity index (χ3n) is 9.83. The van der Waals surface area contributed by atoms with E-state index in [1.165, 1.54) is 67.0 Å². The van der Waals surface area contributed by atoms with Crippen LogP contribution in [0.25, 0.3) is 34.2 Å². The Morgan fingerprint density at radius 3 is 1.16 bits per heavy atom. The predicted octanol–water partition coefficient (Wildman–Crippen LogP) is 10.8. The second kappa shape index (κ2) is 14.2. The Labute approximate surface area is 297 Å². The second-order valence-corrected chi connectivity index (χ2v) is 14.0. The first kappa shape index (κ1) is 33.0. The van der Waals surface area contributed by atoms with Gasteiger partial charge in [0.05, 0.1) is 11.4 Å². The number of aromatic nitrogens is 4. The van der Waals surface area contributed by atoms with Crippen molar-refractivity contribution in [1.82, 2.24) is 19.1 Å². The molecule has 0 spiro atoms. The molecular formula is C46H46N4. The average Bonchev–Trinajstić information content (AvgIpc) is 3.77. The minimum absolute atomic E-state index is 0.985. The fraction of sp³-hybridized carbons (Fsp3) is 0.217. The molecule has 2 aromatic heterocycles. The molecule has 0 unspecified atom stereocenters. The third-order valence-corrected chi connectivity index (χ3v) is 9.83. The summed E-state index contributed by atoms with van der Waals surface area (Å²) in [5.41, 5.74) is 17.7. The SMILES string of the molecule is Cc1cc(C)c(-n2ccnc2-c2cccc(CCc3ccc(CCc4cccc(-c5nccn5-c5c(C)cc(C)cc5C)c4)cc3)c2)c(C)c1. The minimum atomic E-state index is 0.985. The van der Waals surface area contributed by atoms with E-state index >= 15 is 0 Å². The second-order valence-electron chi connectivity index (χ2n) is 14.0. The molecule has 4 nitrogen and oxygen atoms in total. The van der Waals surface area contributed by atoms with Crippen LogP contribution in [0.5, 0.6) is 0 Å². The van der Waals surface area contributed by atoms with Crippen LogP contribution in [-0.2, 0) is 25.7 Å². The predicted molar refractivity (Wildman–Crippen MR) is 208 cm³/mol. The summed E-state index contributed by atoms with van der Waals surface area (Å²) in [6, 6.07) is 35.9. The van der Waals surface area contributed by atoms with Crippen molar-refractivity contribution in [2.45, 2.75) is 67.2 Å². The van der Waals surface area contributed by atoms with Gasteiger partial charge in [0.25, 0.3) is 0 Å². The summed E-state index contributed by atoms with van der Waals surface area (Å²) in [7, 11) is 0. The molecule has 0 aliphatic heterocycles. The summed E-state index contributed by atoms with van der Waals surface area (Å²) >= 11 is 0. The number of aryl methyl sites for hydroxylation is 10. The number of hydrogen-bond acceptors (Lipinski definition) is 2. The van der Waals surface area contributed by atoms with Gasteiger partial charge < -0.3 is 0 Å². The van der Waals surface area contributed by atoms with Crippen molar-refractivity contribution in [2.75, 3.05) is 0 Å². The minimum Gasteiger partial charge on any atom is -0.299 e. The fourth-order valence-electron chi connectivity index (χ4n) is 7.68. The van der Waals surface area contributed by atoms with Crippen LogP contribution in [0.2, 0.25) is 0 Å². The van der Waals surface area contributed by atoms with E-state index in [1.54, 1.807) is 0 Å². The Kier molecular flexibility index (Phi) is 9.36. The lowest BCUT2D eigenvalue weighted by Crippen LogP contribution is -2.02. The number of hydrogen-bond donors (Lipinski definition) is 0. The van der Waals surface area contributed by atoms with Crippen molar-refractivity contribution in [3.05, 3.63) is 177 Å². The van der Waals surface area contributed by atoms with E-state index in [9.17, 15) is 0 Å². The normalized spacial score (nSPS) is 11.3.